The van der Waals surface area contributed by atoms with Gasteiger partial charge < -0.3 is 10.6 Å². The second kappa shape index (κ2) is 7.75. The molecule has 1 aromatic carbocycles. The lowest BCUT2D eigenvalue weighted by Crippen LogP contribution is -2.48. The van der Waals surface area contributed by atoms with Crippen LogP contribution in [0.4, 0.5) is 5.82 Å². The molecule has 0 aliphatic heterocycles. The number of rotatable bonds is 5. The van der Waals surface area contributed by atoms with Gasteiger partial charge in [-0.05, 0) is 62.0 Å². The molecular formula is C20H25N3S. The zero-order valence-corrected chi connectivity index (χ0v) is 15.0. The number of thiocarbonyl (C=S) groups is 1. The van der Waals surface area contributed by atoms with Gasteiger partial charge >= 0.3 is 0 Å². The Hall–Kier alpha value is -1.94. The van der Waals surface area contributed by atoms with Crippen molar-refractivity contribution >= 4 is 23.1 Å². The van der Waals surface area contributed by atoms with Crippen LogP contribution in [0.15, 0.2) is 48.7 Å². The Balaban J connectivity index is 1.60. The van der Waals surface area contributed by atoms with Crippen LogP contribution < -0.4 is 10.6 Å². The molecule has 0 amide bonds. The number of aryl methyl sites for hydroxylation is 2. The first-order valence-corrected chi connectivity index (χ1v) is 9.12. The Kier molecular flexibility index (Phi) is 5.46. The van der Waals surface area contributed by atoms with E-state index >= 15 is 0 Å². The molecule has 1 fully saturated rings. The fourth-order valence-corrected chi connectivity index (χ4v) is 3.77. The van der Waals surface area contributed by atoms with Gasteiger partial charge in [-0.2, -0.15) is 0 Å². The summed E-state index contributed by atoms with van der Waals surface area (Å²) in [5.74, 6) is 0.800. The van der Waals surface area contributed by atoms with Gasteiger partial charge in [0.1, 0.15) is 5.82 Å². The molecule has 0 atom stereocenters. The first kappa shape index (κ1) is 16.9. The number of anilines is 1. The molecule has 0 saturated heterocycles. The molecule has 4 heteroatoms. The van der Waals surface area contributed by atoms with Crippen molar-refractivity contribution in [1.82, 2.24) is 10.3 Å². The Labute approximate surface area is 149 Å². The summed E-state index contributed by atoms with van der Waals surface area (Å²) in [5, 5.41) is 7.52. The highest BCUT2D eigenvalue weighted by Crippen LogP contribution is 2.33. The van der Waals surface area contributed by atoms with Crippen LogP contribution in [0.3, 0.4) is 0 Å². The van der Waals surface area contributed by atoms with Crippen LogP contribution in [0.1, 0.15) is 43.2 Å². The molecule has 0 spiro atoms. The first-order chi connectivity index (χ1) is 11.7. The molecule has 126 valence electrons. The zero-order chi connectivity index (χ0) is 16.8. The summed E-state index contributed by atoms with van der Waals surface area (Å²) < 4.78 is 0. The maximum atomic E-state index is 5.55. The maximum Gasteiger partial charge on any atom is 0.172 e. The number of hydrogen-bond acceptors (Lipinski definition) is 2. The zero-order valence-electron chi connectivity index (χ0n) is 14.2. The van der Waals surface area contributed by atoms with E-state index in [1.165, 1.54) is 31.2 Å². The van der Waals surface area contributed by atoms with Gasteiger partial charge in [0.25, 0.3) is 0 Å². The average molecular weight is 340 g/mol. The van der Waals surface area contributed by atoms with Crippen LogP contribution in [0.5, 0.6) is 0 Å². The second-order valence-electron chi connectivity index (χ2n) is 6.77. The maximum absolute atomic E-state index is 5.55. The van der Waals surface area contributed by atoms with Gasteiger partial charge in [0.2, 0.25) is 0 Å². The minimum atomic E-state index is 0.116. The van der Waals surface area contributed by atoms with Crippen molar-refractivity contribution in [3.63, 3.8) is 0 Å². The van der Waals surface area contributed by atoms with Crippen molar-refractivity contribution < 1.29 is 0 Å². The Morgan fingerprint density at radius 2 is 1.88 bits per heavy atom. The minimum absolute atomic E-state index is 0.116. The molecule has 1 saturated carbocycles. The van der Waals surface area contributed by atoms with E-state index in [1.54, 1.807) is 0 Å². The van der Waals surface area contributed by atoms with Crippen molar-refractivity contribution in [3.8, 4) is 0 Å². The molecule has 3 rings (SSSR count). The number of nitrogens with one attached hydrogen (secondary N) is 2. The van der Waals surface area contributed by atoms with E-state index in [2.05, 4.69) is 45.9 Å². The van der Waals surface area contributed by atoms with Crippen LogP contribution in [0.2, 0.25) is 0 Å². The fourth-order valence-electron chi connectivity index (χ4n) is 3.45. The van der Waals surface area contributed by atoms with E-state index in [-0.39, 0.29) is 5.54 Å². The highest BCUT2D eigenvalue weighted by molar-refractivity contribution is 7.80. The molecule has 24 heavy (non-hydrogen) atoms. The fraction of sp³-hybridized carbons (Fsp3) is 0.400. The number of nitrogens with zero attached hydrogens (tertiary/aromatic N) is 1. The highest BCUT2D eigenvalue weighted by Gasteiger charge is 2.34. The number of aromatic nitrogens is 1. The summed E-state index contributed by atoms with van der Waals surface area (Å²) in [6.07, 6.45) is 8.96. The summed E-state index contributed by atoms with van der Waals surface area (Å²) in [6.45, 7) is 2.03. The van der Waals surface area contributed by atoms with Gasteiger partial charge in [0.15, 0.2) is 5.11 Å². The average Bonchev–Trinajstić information content (AvgIpc) is 3.05. The third-order valence-corrected chi connectivity index (χ3v) is 5.03. The predicted molar refractivity (Wildman–Crippen MR) is 104 cm³/mol. The summed E-state index contributed by atoms with van der Waals surface area (Å²) in [7, 11) is 0. The first-order valence-electron chi connectivity index (χ1n) is 8.71. The van der Waals surface area contributed by atoms with Crippen molar-refractivity contribution in [2.24, 2.45) is 0 Å². The van der Waals surface area contributed by atoms with Crippen molar-refractivity contribution in [3.05, 3.63) is 59.8 Å². The van der Waals surface area contributed by atoms with Gasteiger partial charge in [0.05, 0.1) is 0 Å². The number of benzene rings is 1. The lowest BCUT2D eigenvalue weighted by molar-refractivity contribution is 0.362. The molecule has 1 aliphatic rings. The molecule has 1 aromatic heterocycles. The summed E-state index contributed by atoms with van der Waals surface area (Å²) in [4.78, 5) is 4.37. The van der Waals surface area contributed by atoms with Crippen LogP contribution in [-0.2, 0) is 6.42 Å². The molecule has 2 aromatic rings. The standard InChI is InChI=1S/C20H25N3S/c1-16-9-10-18(21-15-16)22-19(24)23-20(12-5-6-13-20)14-11-17-7-3-2-4-8-17/h2-4,7-10,15H,5-6,11-14H2,1H3,(H2,21,22,23,24). The minimum Gasteiger partial charge on any atom is -0.357 e. The van der Waals surface area contributed by atoms with Gasteiger partial charge in [-0.3, -0.25) is 0 Å². The molecule has 1 aliphatic carbocycles. The quantitative estimate of drug-likeness (QED) is 0.779. The van der Waals surface area contributed by atoms with Crippen molar-refractivity contribution in [2.75, 3.05) is 5.32 Å². The van der Waals surface area contributed by atoms with E-state index in [0.29, 0.717) is 5.11 Å². The van der Waals surface area contributed by atoms with Crippen LogP contribution in [-0.4, -0.2) is 15.6 Å². The third kappa shape index (κ3) is 4.54. The van der Waals surface area contributed by atoms with Gasteiger partial charge in [-0.15, -0.1) is 0 Å². The molecular weight excluding hydrogens is 314 g/mol. The van der Waals surface area contributed by atoms with Crippen molar-refractivity contribution in [1.29, 1.82) is 0 Å². The summed E-state index contributed by atoms with van der Waals surface area (Å²) >= 11 is 5.55. The van der Waals surface area contributed by atoms with Crippen LogP contribution >= 0.6 is 12.2 Å². The molecule has 0 unspecified atom stereocenters. The summed E-state index contributed by atoms with van der Waals surface area (Å²) in [5.41, 5.74) is 2.66. The van der Waals surface area contributed by atoms with Crippen LogP contribution in [0, 0.1) is 6.92 Å². The molecule has 3 nitrogen and oxygen atoms in total. The van der Waals surface area contributed by atoms with E-state index in [4.69, 9.17) is 12.2 Å². The van der Waals surface area contributed by atoms with E-state index in [0.717, 1.165) is 24.2 Å². The summed E-state index contributed by atoms with van der Waals surface area (Å²) in [6, 6.07) is 14.7. The van der Waals surface area contributed by atoms with Crippen molar-refractivity contribution in [2.45, 2.75) is 51.0 Å². The lowest BCUT2D eigenvalue weighted by atomic mass is 9.89. The Morgan fingerprint density at radius 1 is 1.12 bits per heavy atom. The van der Waals surface area contributed by atoms with Gasteiger partial charge in [-0.1, -0.05) is 49.2 Å². The van der Waals surface area contributed by atoms with Gasteiger partial charge in [0, 0.05) is 11.7 Å². The second-order valence-corrected chi connectivity index (χ2v) is 7.18. The largest absolute Gasteiger partial charge is 0.357 e. The molecule has 1 heterocycles. The van der Waals surface area contributed by atoms with E-state index < -0.39 is 0 Å². The predicted octanol–water partition coefficient (Wildman–Crippen LogP) is 4.62. The van der Waals surface area contributed by atoms with Crippen LogP contribution in [0.25, 0.3) is 0 Å². The third-order valence-electron chi connectivity index (χ3n) is 4.83. The highest BCUT2D eigenvalue weighted by atomic mass is 32.1. The molecule has 0 bridgehead atoms. The van der Waals surface area contributed by atoms with E-state index in [9.17, 15) is 0 Å². The monoisotopic (exact) mass is 339 g/mol. The normalized spacial score (nSPS) is 15.9. The Morgan fingerprint density at radius 3 is 2.54 bits per heavy atom. The lowest BCUT2D eigenvalue weighted by Gasteiger charge is -2.32. The number of hydrogen-bond donors (Lipinski definition) is 2. The number of pyridine rings is 1. The van der Waals surface area contributed by atoms with E-state index in [1.807, 2.05) is 25.3 Å². The SMILES string of the molecule is Cc1ccc(NC(=S)NC2(CCc3ccccc3)CCCC2)nc1. The molecule has 0 radical (unpaired) electrons. The molecule has 2 N–H and O–H groups in total. The Bertz CT molecular complexity index is 661. The topological polar surface area (TPSA) is 37.0 Å². The van der Waals surface area contributed by atoms with Gasteiger partial charge in [-0.25, -0.2) is 4.98 Å². The smallest absolute Gasteiger partial charge is 0.172 e.